The Hall–Kier alpha value is -4.28. The van der Waals surface area contributed by atoms with Gasteiger partial charge in [-0.3, -0.25) is 4.79 Å². The summed E-state index contributed by atoms with van der Waals surface area (Å²) in [6, 6.07) is 17.3. The number of methoxy groups -OCH3 is 3. The van der Waals surface area contributed by atoms with Gasteiger partial charge < -0.3 is 29.0 Å². The molecule has 5 aromatic rings. The van der Waals surface area contributed by atoms with Crippen molar-refractivity contribution in [1.82, 2.24) is 4.98 Å². The van der Waals surface area contributed by atoms with Crippen molar-refractivity contribution in [2.24, 2.45) is 0 Å². The normalized spacial score (nSPS) is 12.0. The third kappa shape index (κ3) is 4.69. The van der Waals surface area contributed by atoms with E-state index in [-0.39, 0.29) is 12.7 Å². The molecular formula is C30H26N2O6S2. The molecule has 0 aliphatic carbocycles. The van der Waals surface area contributed by atoms with E-state index in [1.165, 1.54) is 21.3 Å². The number of nitrogens with one attached hydrogen (secondary N) is 1. The van der Waals surface area contributed by atoms with Gasteiger partial charge in [0.05, 0.1) is 31.5 Å². The van der Waals surface area contributed by atoms with Crippen molar-refractivity contribution >= 4 is 43.8 Å². The fraction of sp³-hybridized carbons (Fsp3) is 0.200. The number of aromatic nitrogens is 1. The van der Waals surface area contributed by atoms with Crippen LogP contribution in [0, 0.1) is 6.92 Å². The Morgan fingerprint density at radius 3 is 2.42 bits per heavy atom. The van der Waals surface area contributed by atoms with Crippen LogP contribution in [-0.2, 0) is 6.42 Å². The molecule has 2 aromatic heterocycles. The van der Waals surface area contributed by atoms with Gasteiger partial charge in [-0.2, -0.15) is 0 Å². The molecule has 1 aliphatic heterocycles. The van der Waals surface area contributed by atoms with Crippen LogP contribution in [0.3, 0.4) is 0 Å². The lowest BCUT2D eigenvalue weighted by molar-refractivity contribution is 0.102. The van der Waals surface area contributed by atoms with Gasteiger partial charge in [-0.15, -0.1) is 22.7 Å². The number of benzene rings is 3. The molecule has 3 heterocycles. The molecular weight excluding hydrogens is 548 g/mol. The highest BCUT2D eigenvalue weighted by atomic mass is 32.1. The first-order chi connectivity index (χ1) is 19.5. The van der Waals surface area contributed by atoms with Crippen LogP contribution in [0.4, 0.5) is 5.00 Å². The van der Waals surface area contributed by atoms with Gasteiger partial charge in [-0.1, -0.05) is 18.2 Å². The number of anilines is 1. The van der Waals surface area contributed by atoms with Crippen molar-refractivity contribution in [2.45, 2.75) is 13.3 Å². The SMILES string of the molecule is COc1cc(C(=O)Nc2sc(Cc3ccc4c(c3)OCO4)c(C)c2-c2nc3ccccc3s2)cc(OC)c1OC. The molecule has 0 saturated carbocycles. The molecule has 3 aromatic carbocycles. The van der Waals surface area contributed by atoms with Gasteiger partial charge in [0.25, 0.3) is 5.91 Å². The minimum absolute atomic E-state index is 0.232. The van der Waals surface area contributed by atoms with E-state index >= 15 is 0 Å². The second-order valence-corrected chi connectivity index (χ2v) is 11.2. The Kier molecular flexibility index (Phi) is 6.95. The lowest BCUT2D eigenvalue weighted by atomic mass is 10.1. The molecule has 10 heteroatoms. The van der Waals surface area contributed by atoms with E-state index in [0.29, 0.717) is 29.2 Å². The fourth-order valence-electron chi connectivity index (χ4n) is 4.68. The number of carbonyl (C=O) groups is 1. The molecule has 0 spiro atoms. The van der Waals surface area contributed by atoms with Crippen molar-refractivity contribution in [2.75, 3.05) is 33.4 Å². The first-order valence-electron chi connectivity index (χ1n) is 12.5. The van der Waals surface area contributed by atoms with Gasteiger partial charge in [0, 0.05) is 22.4 Å². The first-order valence-corrected chi connectivity index (χ1v) is 14.1. The number of fused-ring (bicyclic) bond motifs is 2. The van der Waals surface area contributed by atoms with Gasteiger partial charge in [0.2, 0.25) is 12.5 Å². The van der Waals surface area contributed by atoms with Crippen LogP contribution in [0.5, 0.6) is 28.7 Å². The van der Waals surface area contributed by atoms with Gasteiger partial charge in [-0.25, -0.2) is 4.98 Å². The number of para-hydroxylation sites is 1. The minimum Gasteiger partial charge on any atom is -0.493 e. The lowest BCUT2D eigenvalue weighted by Crippen LogP contribution is -2.12. The monoisotopic (exact) mass is 574 g/mol. The number of amides is 1. The standard InChI is InChI=1S/C30H26N2O6S2/c1-16-25(12-17-9-10-20-21(11-17)38-15-37-20)40-30(26(16)29-31-19-7-5-6-8-24(19)39-29)32-28(33)18-13-22(34-2)27(36-4)23(14-18)35-3/h5-11,13-14H,12,15H2,1-4H3,(H,32,33). The zero-order chi connectivity index (χ0) is 27.8. The summed E-state index contributed by atoms with van der Waals surface area (Å²) in [5.74, 6) is 2.44. The molecule has 1 N–H and O–H groups in total. The smallest absolute Gasteiger partial charge is 0.256 e. The molecule has 8 nitrogen and oxygen atoms in total. The zero-order valence-electron chi connectivity index (χ0n) is 22.3. The number of ether oxygens (including phenoxy) is 5. The van der Waals surface area contributed by atoms with Crippen molar-refractivity contribution in [3.8, 4) is 39.3 Å². The van der Waals surface area contributed by atoms with E-state index < -0.39 is 0 Å². The number of rotatable bonds is 8. The summed E-state index contributed by atoms with van der Waals surface area (Å²) in [6.07, 6.45) is 0.672. The van der Waals surface area contributed by atoms with Gasteiger partial charge in [0.15, 0.2) is 23.0 Å². The van der Waals surface area contributed by atoms with Crippen LogP contribution in [0.25, 0.3) is 20.8 Å². The van der Waals surface area contributed by atoms with E-state index in [4.69, 9.17) is 28.7 Å². The van der Waals surface area contributed by atoms with Gasteiger partial charge in [-0.05, 0) is 54.4 Å². The quantitative estimate of drug-likeness (QED) is 0.215. The summed E-state index contributed by atoms with van der Waals surface area (Å²) in [5, 5.41) is 4.73. The topological polar surface area (TPSA) is 88.1 Å². The number of carbonyl (C=O) groups excluding carboxylic acids is 1. The average molecular weight is 575 g/mol. The molecule has 40 heavy (non-hydrogen) atoms. The Morgan fingerprint density at radius 2 is 1.70 bits per heavy atom. The molecule has 0 bridgehead atoms. The summed E-state index contributed by atoms with van der Waals surface area (Å²) in [6.45, 7) is 2.31. The number of hydrogen-bond donors (Lipinski definition) is 1. The molecule has 6 rings (SSSR count). The maximum absolute atomic E-state index is 13.6. The van der Waals surface area contributed by atoms with Gasteiger partial charge >= 0.3 is 0 Å². The summed E-state index contributed by atoms with van der Waals surface area (Å²) in [5.41, 5.74) is 4.39. The predicted octanol–water partition coefficient (Wildman–Crippen LogP) is 6.93. The molecule has 1 amide bonds. The Labute approximate surface area is 239 Å². The van der Waals surface area contributed by atoms with E-state index in [0.717, 1.165) is 53.3 Å². The van der Waals surface area contributed by atoms with E-state index in [1.54, 1.807) is 34.8 Å². The Morgan fingerprint density at radius 1 is 0.950 bits per heavy atom. The molecule has 204 valence electrons. The number of thiazole rings is 1. The van der Waals surface area contributed by atoms with Crippen molar-refractivity contribution < 1.29 is 28.5 Å². The highest BCUT2D eigenvalue weighted by Crippen LogP contribution is 2.45. The lowest BCUT2D eigenvalue weighted by Gasteiger charge is -2.14. The molecule has 0 saturated heterocycles. The third-order valence-corrected chi connectivity index (χ3v) is 8.97. The maximum atomic E-state index is 13.6. The van der Waals surface area contributed by atoms with Crippen LogP contribution in [-0.4, -0.2) is 39.0 Å². The molecule has 0 fully saturated rings. The largest absolute Gasteiger partial charge is 0.493 e. The number of thiophene rings is 1. The third-order valence-electron chi connectivity index (χ3n) is 6.71. The van der Waals surface area contributed by atoms with Crippen LogP contribution in [0.15, 0.2) is 54.6 Å². The van der Waals surface area contributed by atoms with Crippen LogP contribution in [0.1, 0.15) is 26.4 Å². The van der Waals surface area contributed by atoms with Crippen LogP contribution in [0.2, 0.25) is 0 Å². The van der Waals surface area contributed by atoms with Crippen molar-refractivity contribution in [3.63, 3.8) is 0 Å². The van der Waals surface area contributed by atoms with Crippen LogP contribution < -0.4 is 29.0 Å². The number of hydrogen-bond acceptors (Lipinski definition) is 9. The first kappa shape index (κ1) is 26.0. The van der Waals surface area contributed by atoms with E-state index in [2.05, 4.69) is 18.3 Å². The summed E-state index contributed by atoms with van der Waals surface area (Å²) >= 11 is 3.15. The summed E-state index contributed by atoms with van der Waals surface area (Å²) in [4.78, 5) is 19.6. The summed E-state index contributed by atoms with van der Waals surface area (Å²) < 4.78 is 28.5. The highest BCUT2D eigenvalue weighted by Gasteiger charge is 2.24. The van der Waals surface area contributed by atoms with E-state index in [9.17, 15) is 4.79 Å². The predicted molar refractivity (Wildman–Crippen MR) is 157 cm³/mol. The Bertz CT molecular complexity index is 1680. The molecule has 0 unspecified atom stereocenters. The summed E-state index contributed by atoms with van der Waals surface area (Å²) in [7, 11) is 4.57. The average Bonchev–Trinajstić information content (AvgIpc) is 3.69. The second kappa shape index (κ2) is 10.7. The van der Waals surface area contributed by atoms with Crippen molar-refractivity contribution in [3.05, 3.63) is 76.2 Å². The maximum Gasteiger partial charge on any atom is 0.256 e. The number of nitrogens with zero attached hydrogens (tertiary/aromatic N) is 1. The van der Waals surface area contributed by atoms with E-state index in [1.807, 2.05) is 36.4 Å². The fourth-order valence-corrected chi connectivity index (χ4v) is 7.05. The zero-order valence-corrected chi connectivity index (χ0v) is 24.0. The van der Waals surface area contributed by atoms with Crippen molar-refractivity contribution in [1.29, 1.82) is 0 Å². The Balaban J connectivity index is 1.40. The molecule has 1 aliphatic rings. The van der Waals surface area contributed by atoms with Crippen LogP contribution >= 0.6 is 22.7 Å². The minimum atomic E-state index is -0.294. The second-order valence-electron chi connectivity index (χ2n) is 9.07. The molecule has 0 atom stereocenters. The molecule has 0 radical (unpaired) electrons. The highest BCUT2D eigenvalue weighted by molar-refractivity contribution is 7.23. The van der Waals surface area contributed by atoms with Gasteiger partial charge in [0.1, 0.15) is 10.0 Å².